The summed E-state index contributed by atoms with van der Waals surface area (Å²) in [6.07, 6.45) is 1.47. The minimum atomic E-state index is -0.475. The number of aromatic nitrogens is 1. The molecule has 1 N–H and O–H groups in total. The van der Waals surface area contributed by atoms with Gasteiger partial charge in [-0.3, -0.25) is 0 Å². The Balaban J connectivity index is 1.99. The predicted molar refractivity (Wildman–Crippen MR) is 64.5 cm³/mol. The summed E-state index contributed by atoms with van der Waals surface area (Å²) < 4.78 is 17.7. The van der Waals surface area contributed by atoms with E-state index in [1.54, 1.807) is 13.2 Å². The summed E-state index contributed by atoms with van der Waals surface area (Å²) in [7, 11) is 1.64. The number of anilines is 1. The highest BCUT2D eigenvalue weighted by Gasteiger charge is 1.97. The Labute approximate surface area is 99.3 Å². The van der Waals surface area contributed by atoms with Crippen LogP contribution in [0.1, 0.15) is 5.56 Å². The number of rotatable bonds is 4. The SMILES string of the molecule is COc1cccc(CNc2ccc(F)nc2)c1. The van der Waals surface area contributed by atoms with Gasteiger partial charge < -0.3 is 10.1 Å². The van der Waals surface area contributed by atoms with E-state index in [4.69, 9.17) is 4.74 Å². The van der Waals surface area contributed by atoms with Crippen molar-refractivity contribution in [2.75, 3.05) is 12.4 Å². The maximum absolute atomic E-state index is 12.6. The summed E-state index contributed by atoms with van der Waals surface area (Å²) >= 11 is 0. The molecule has 88 valence electrons. The molecule has 1 aromatic heterocycles. The Morgan fingerprint density at radius 3 is 2.88 bits per heavy atom. The second-order valence-corrected chi connectivity index (χ2v) is 3.57. The molecule has 0 saturated heterocycles. The number of ether oxygens (including phenoxy) is 1. The van der Waals surface area contributed by atoms with Crippen LogP contribution in [0.15, 0.2) is 42.6 Å². The Morgan fingerprint density at radius 1 is 1.29 bits per heavy atom. The Morgan fingerprint density at radius 2 is 2.18 bits per heavy atom. The summed E-state index contributed by atoms with van der Waals surface area (Å²) in [6.45, 7) is 0.643. The van der Waals surface area contributed by atoms with Gasteiger partial charge in [-0.05, 0) is 29.8 Å². The molecule has 1 heterocycles. The van der Waals surface area contributed by atoms with E-state index in [0.29, 0.717) is 6.54 Å². The maximum atomic E-state index is 12.6. The third kappa shape index (κ3) is 3.17. The number of benzene rings is 1. The average molecular weight is 232 g/mol. The minimum absolute atomic E-state index is 0.475. The van der Waals surface area contributed by atoms with Crippen molar-refractivity contribution >= 4 is 5.69 Å². The van der Waals surface area contributed by atoms with Crippen molar-refractivity contribution in [3.05, 3.63) is 54.1 Å². The molecule has 4 heteroatoms. The molecule has 0 aliphatic carbocycles. The largest absolute Gasteiger partial charge is 0.497 e. The fraction of sp³-hybridized carbons (Fsp3) is 0.154. The van der Waals surface area contributed by atoms with Gasteiger partial charge in [0.2, 0.25) is 5.95 Å². The van der Waals surface area contributed by atoms with Crippen LogP contribution in [0.5, 0.6) is 5.75 Å². The molecule has 0 unspecified atom stereocenters. The third-order valence-corrected chi connectivity index (χ3v) is 2.36. The average Bonchev–Trinajstić information content (AvgIpc) is 2.38. The number of pyridine rings is 1. The van der Waals surface area contributed by atoms with Gasteiger partial charge in [0.25, 0.3) is 0 Å². The predicted octanol–water partition coefficient (Wildman–Crippen LogP) is 2.84. The van der Waals surface area contributed by atoms with Gasteiger partial charge in [0, 0.05) is 6.54 Å². The molecule has 0 aliphatic heterocycles. The molecule has 0 bridgehead atoms. The van der Waals surface area contributed by atoms with Crippen LogP contribution < -0.4 is 10.1 Å². The molecule has 0 atom stereocenters. The molecule has 17 heavy (non-hydrogen) atoms. The van der Waals surface area contributed by atoms with Crippen LogP contribution in [-0.4, -0.2) is 12.1 Å². The van der Waals surface area contributed by atoms with Crippen LogP contribution in [0.25, 0.3) is 0 Å². The minimum Gasteiger partial charge on any atom is -0.497 e. The highest BCUT2D eigenvalue weighted by molar-refractivity contribution is 5.41. The van der Waals surface area contributed by atoms with Crippen LogP contribution in [0.3, 0.4) is 0 Å². The fourth-order valence-corrected chi connectivity index (χ4v) is 1.47. The smallest absolute Gasteiger partial charge is 0.212 e. The van der Waals surface area contributed by atoms with Crippen molar-refractivity contribution in [2.45, 2.75) is 6.54 Å². The standard InChI is InChI=1S/C13H13FN2O/c1-17-12-4-2-3-10(7-12)8-15-11-5-6-13(14)16-9-11/h2-7,9,15H,8H2,1H3. The summed E-state index contributed by atoms with van der Waals surface area (Å²) in [4.78, 5) is 3.57. The molecule has 0 spiro atoms. The molecule has 2 aromatic rings. The molecule has 0 fully saturated rings. The first kappa shape index (κ1) is 11.4. The molecule has 0 aliphatic rings. The number of nitrogens with zero attached hydrogens (tertiary/aromatic N) is 1. The molecule has 0 radical (unpaired) electrons. The molecular weight excluding hydrogens is 219 g/mol. The van der Waals surface area contributed by atoms with Crippen molar-refractivity contribution in [3.8, 4) is 5.75 Å². The summed E-state index contributed by atoms with van der Waals surface area (Å²) in [6, 6.07) is 10.7. The first-order valence-corrected chi connectivity index (χ1v) is 5.26. The lowest BCUT2D eigenvalue weighted by atomic mass is 10.2. The van der Waals surface area contributed by atoms with Crippen molar-refractivity contribution in [2.24, 2.45) is 0 Å². The van der Waals surface area contributed by atoms with E-state index in [9.17, 15) is 4.39 Å². The van der Waals surface area contributed by atoms with Crippen molar-refractivity contribution in [1.82, 2.24) is 4.98 Å². The highest BCUT2D eigenvalue weighted by atomic mass is 19.1. The van der Waals surface area contributed by atoms with Crippen LogP contribution >= 0.6 is 0 Å². The van der Waals surface area contributed by atoms with Crippen molar-refractivity contribution in [1.29, 1.82) is 0 Å². The third-order valence-electron chi connectivity index (χ3n) is 2.36. The summed E-state index contributed by atoms with van der Waals surface area (Å²) in [5.41, 5.74) is 1.88. The number of nitrogens with one attached hydrogen (secondary N) is 1. The van der Waals surface area contributed by atoms with E-state index < -0.39 is 5.95 Å². The molecule has 1 aromatic carbocycles. The Bertz CT molecular complexity index is 485. The number of methoxy groups -OCH3 is 1. The van der Waals surface area contributed by atoms with Gasteiger partial charge in [-0.15, -0.1) is 0 Å². The van der Waals surface area contributed by atoms with Gasteiger partial charge in [0.15, 0.2) is 0 Å². The van der Waals surface area contributed by atoms with Gasteiger partial charge in [-0.1, -0.05) is 12.1 Å². The van der Waals surface area contributed by atoms with Crippen LogP contribution in [0, 0.1) is 5.95 Å². The van der Waals surface area contributed by atoms with E-state index in [2.05, 4.69) is 10.3 Å². The van der Waals surface area contributed by atoms with Gasteiger partial charge in [0.05, 0.1) is 19.0 Å². The van der Waals surface area contributed by atoms with Crippen LogP contribution in [0.4, 0.5) is 10.1 Å². The zero-order valence-electron chi connectivity index (χ0n) is 9.48. The highest BCUT2D eigenvalue weighted by Crippen LogP contribution is 2.14. The number of hydrogen-bond donors (Lipinski definition) is 1. The van der Waals surface area contributed by atoms with E-state index in [1.807, 2.05) is 24.3 Å². The van der Waals surface area contributed by atoms with E-state index in [1.165, 1.54) is 12.3 Å². The van der Waals surface area contributed by atoms with Crippen LogP contribution in [-0.2, 0) is 6.54 Å². The second kappa shape index (κ2) is 5.30. The number of hydrogen-bond acceptors (Lipinski definition) is 3. The van der Waals surface area contributed by atoms with Crippen LogP contribution in [0.2, 0.25) is 0 Å². The van der Waals surface area contributed by atoms with Gasteiger partial charge in [0.1, 0.15) is 5.75 Å². The Hall–Kier alpha value is -2.10. The first-order valence-electron chi connectivity index (χ1n) is 5.26. The Kier molecular flexibility index (Phi) is 3.55. The topological polar surface area (TPSA) is 34.1 Å². The zero-order valence-corrected chi connectivity index (χ0v) is 9.48. The lowest BCUT2D eigenvalue weighted by Crippen LogP contribution is -2.00. The van der Waals surface area contributed by atoms with E-state index >= 15 is 0 Å². The lowest BCUT2D eigenvalue weighted by molar-refractivity contribution is 0.414. The normalized spacial score (nSPS) is 10.0. The van der Waals surface area contributed by atoms with E-state index in [-0.39, 0.29) is 0 Å². The first-order chi connectivity index (χ1) is 8.28. The number of halogens is 1. The van der Waals surface area contributed by atoms with Gasteiger partial charge >= 0.3 is 0 Å². The monoisotopic (exact) mass is 232 g/mol. The summed E-state index contributed by atoms with van der Waals surface area (Å²) in [5.74, 6) is 0.346. The molecule has 0 saturated carbocycles. The van der Waals surface area contributed by atoms with E-state index in [0.717, 1.165) is 17.0 Å². The van der Waals surface area contributed by atoms with Crippen molar-refractivity contribution < 1.29 is 9.13 Å². The zero-order chi connectivity index (χ0) is 12.1. The lowest BCUT2D eigenvalue weighted by Gasteiger charge is -2.07. The fourth-order valence-electron chi connectivity index (χ4n) is 1.47. The van der Waals surface area contributed by atoms with Gasteiger partial charge in [-0.25, -0.2) is 4.98 Å². The molecule has 0 amide bonds. The quantitative estimate of drug-likeness (QED) is 0.823. The molecule has 2 rings (SSSR count). The second-order valence-electron chi connectivity index (χ2n) is 3.57. The molecular formula is C13H13FN2O. The summed E-state index contributed by atoms with van der Waals surface area (Å²) in [5, 5.41) is 3.15. The van der Waals surface area contributed by atoms with Crippen molar-refractivity contribution in [3.63, 3.8) is 0 Å². The maximum Gasteiger partial charge on any atom is 0.212 e. The molecule has 3 nitrogen and oxygen atoms in total. The van der Waals surface area contributed by atoms with Gasteiger partial charge in [-0.2, -0.15) is 4.39 Å².